The van der Waals surface area contributed by atoms with Crippen molar-refractivity contribution in [3.63, 3.8) is 0 Å². The summed E-state index contributed by atoms with van der Waals surface area (Å²) in [5, 5.41) is 3.00. The lowest BCUT2D eigenvalue weighted by atomic mass is 9.86. The molecule has 0 unspecified atom stereocenters. The van der Waals surface area contributed by atoms with Gasteiger partial charge in [0.25, 0.3) is 5.91 Å². The minimum atomic E-state index is -1.02. The fraction of sp³-hybridized carbons (Fsp3) is 0.533. The minimum Gasteiger partial charge on any atom is -0.494 e. The molecule has 0 radical (unpaired) electrons. The molecular formula is C30H43N3O4. The topological polar surface area (TPSA) is 71.1 Å². The Morgan fingerprint density at radius 1 is 1.03 bits per heavy atom. The van der Waals surface area contributed by atoms with Crippen LogP contribution in [0.4, 0.5) is 0 Å². The fourth-order valence-corrected chi connectivity index (χ4v) is 4.88. The van der Waals surface area contributed by atoms with Crippen molar-refractivity contribution in [2.24, 2.45) is 0 Å². The van der Waals surface area contributed by atoms with Crippen molar-refractivity contribution in [3.05, 3.63) is 65.7 Å². The quantitative estimate of drug-likeness (QED) is 0.316. The molecule has 0 saturated carbocycles. The molecule has 0 atom stereocenters. The fourth-order valence-electron chi connectivity index (χ4n) is 4.88. The molecule has 0 spiro atoms. The number of likely N-dealkylation sites (tertiary alicyclic amines) is 1. The second kappa shape index (κ2) is 14.1. The largest absolute Gasteiger partial charge is 0.494 e. The van der Waals surface area contributed by atoms with Crippen LogP contribution in [0.2, 0.25) is 0 Å². The van der Waals surface area contributed by atoms with Crippen molar-refractivity contribution in [1.29, 1.82) is 0 Å². The van der Waals surface area contributed by atoms with E-state index in [9.17, 15) is 9.59 Å². The van der Waals surface area contributed by atoms with E-state index in [1.807, 2.05) is 30.3 Å². The van der Waals surface area contributed by atoms with Gasteiger partial charge in [0, 0.05) is 37.8 Å². The van der Waals surface area contributed by atoms with Gasteiger partial charge in [-0.2, -0.15) is 0 Å². The number of rotatable bonds is 13. The summed E-state index contributed by atoms with van der Waals surface area (Å²) in [6, 6.07) is 17.9. The Morgan fingerprint density at radius 2 is 1.70 bits per heavy atom. The highest BCUT2D eigenvalue weighted by Gasteiger charge is 2.43. The molecule has 1 fully saturated rings. The van der Waals surface area contributed by atoms with Crippen LogP contribution in [0.1, 0.15) is 62.4 Å². The molecule has 1 aliphatic heterocycles. The predicted octanol–water partition coefficient (Wildman–Crippen LogP) is 4.51. The summed E-state index contributed by atoms with van der Waals surface area (Å²) in [6.07, 6.45) is 3.10. The van der Waals surface area contributed by atoms with Crippen LogP contribution in [0.3, 0.4) is 0 Å². The van der Waals surface area contributed by atoms with Gasteiger partial charge in [0.1, 0.15) is 11.3 Å². The molecule has 3 rings (SSSR count). The molecule has 7 heteroatoms. The summed E-state index contributed by atoms with van der Waals surface area (Å²) in [4.78, 5) is 30.6. The first-order valence-electron chi connectivity index (χ1n) is 13.5. The lowest BCUT2D eigenvalue weighted by molar-refractivity contribution is -0.150. The summed E-state index contributed by atoms with van der Waals surface area (Å²) < 4.78 is 11.0. The number of carbonyl (C=O) groups excluding carboxylic acids is 2. The molecule has 1 N–H and O–H groups in total. The maximum absolute atomic E-state index is 13.1. The van der Waals surface area contributed by atoms with Gasteiger partial charge in [-0.05, 0) is 75.9 Å². The second-order valence-electron chi connectivity index (χ2n) is 10.1. The monoisotopic (exact) mass is 509 g/mol. The zero-order valence-corrected chi connectivity index (χ0v) is 22.9. The van der Waals surface area contributed by atoms with Crippen LogP contribution in [0.15, 0.2) is 54.6 Å². The average molecular weight is 510 g/mol. The lowest BCUT2D eigenvalue weighted by Crippen LogP contribution is -2.60. The van der Waals surface area contributed by atoms with Crippen LogP contribution >= 0.6 is 0 Å². The summed E-state index contributed by atoms with van der Waals surface area (Å²) in [6.45, 7) is 11.6. The Bertz CT molecular complexity index is 970. The van der Waals surface area contributed by atoms with E-state index < -0.39 is 11.5 Å². The summed E-state index contributed by atoms with van der Waals surface area (Å²) in [5.41, 5.74) is 0.712. The van der Waals surface area contributed by atoms with Crippen LogP contribution < -0.4 is 10.1 Å². The van der Waals surface area contributed by atoms with Crippen molar-refractivity contribution in [1.82, 2.24) is 15.1 Å². The highest BCUT2D eigenvalue weighted by Crippen LogP contribution is 2.26. The van der Waals surface area contributed by atoms with E-state index in [1.54, 1.807) is 12.1 Å². The summed E-state index contributed by atoms with van der Waals surface area (Å²) in [5.74, 6) is 0.0688. The summed E-state index contributed by atoms with van der Waals surface area (Å²) in [7, 11) is 1.38. The van der Waals surface area contributed by atoms with Gasteiger partial charge < -0.3 is 19.7 Å². The van der Waals surface area contributed by atoms with Crippen molar-refractivity contribution in [3.8, 4) is 5.75 Å². The number of hydrogen-bond donors (Lipinski definition) is 1. The Kier molecular flexibility index (Phi) is 11.0. The third-order valence-corrected chi connectivity index (χ3v) is 7.10. The van der Waals surface area contributed by atoms with Gasteiger partial charge in [-0.25, -0.2) is 4.79 Å². The Morgan fingerprint density at radius 3 is 2.30 bits per heavy atom. The minimum absolute atomic E-state index is 0.277. The number of nitrogens with one attached hydrogen (secondary N) is 1. The van der Waals surface area contributed by atoms with Crippen LogP contribution in [-0.4, -0.2) is 73.2 Å². The van der Waals surface area contributed by atoms with E-state index in [-0.39, 0.29) is 5.91 Å². The number of nitrogens with zero attached hydrogens (tertiary/aromatic N) is 2. The van der Waals surface area contributed by atoms with Crippen molar-refractivity contribution in [2.45, 2.75) is 64.6 Å². The summed E-state index contributed by atoms with van der Waals surface area (Å²) >= 11 is 0. The Labute approximate surface area is 222 Å². The van der Waals surface area contributed by atoms with Gasteiger partial charge in [-0.15, -0.1) is 0 Å². The first kappa shape index (κ1) is 28.7. The number of methoxy groups -OCH3 is 1. The smallest absolute Gasteiger partial charge is 0.331 e. The maximum atomic E-state index is 13.1. The van der Waals surface area contributed by atoms with Crippen molar-refractivity contribution < 1.29 is 19.1 Å². The molecular weight excluding hydrogens is 466 g/mol. The highest BCUT2D eigenvalue weighted by atomic mass is 16.5. The number of piperidine rings is 1. The third kappa shape index (κ3) is 8.30. The third-order valence-electron chi connectivity index (χ3n) is 7.10. The van der Waals surface area contributed by atoms with E-state index in [0.717, 1.165) is 38.2 Å². The van der Waals surface area contributed by atoms with Gasteiger partial charge in [0.05, 0.1) is 13.7 Å². The molecule has 1 heterocycles. The number of ether oxygens (including phenoxy) is 2. The van der Waals surface area contributed by atoms with Gasteiger partial charge in [0.15, 0.2) is 0 Å². The van der Waals surface area contributed by atoms with Crippen LogP contribution in [0, 0.1) is 0 Å². The van der Waals surface area contributed by atoms with Gasteiger partial charge in [0.2, 0.25) is 0 Å². The maximum Gasteiger partial charge on any atom is 0.331 e. The first-order valence-corrected chi connectivity index (χ1v) is 13.5. The molecule has 1 amide bonds. The van der Waals surface area contributed by atoms with Crippen molar-refractivity contribution >= 4 is 11.9 Å². The first-order chi connectivity index (χ1) is 17.9. The van der Waals surface area contributed by atoms with Gasteiger partial charge in [-0.3, -0.25) is 9.69 Å². The standard InChI is InChI=1S/C30H43N3O4/c1-5-18-33(24(2)3)19-9-22-37-27-14-12-26(13-15-27)28(34)31-30(29(35)36-4)16-20-32(21-17-30)23-25-10-7-6-8-11-25/h6-8,10-15,24H,5,9,16-23H2,1-4H3,(H,31,34). The number of hydrogen-bond acceptors (Lipinski definition) is 6. The average Bonchev–Trinajstić information content (AvgIpc) is 2.92. The molecule has 0 aliphatic carbocycles. The number of esters is 1. The highest BCUT2D eigenvalue weighted by molar-refractivity contribution is 5.98. The molecule has 0 aromatic heterocycles. The van der Waals surface area contributed by atoms with Crippen LogP contribution in [0.25, 0.3) is 0 Å². The number of amides is 1. The van der Waals surface area contributed by atoms with E-state index in [4.69, 9.17) is 9.47 Å². The van der Waals surface area contributed by atoms with E-state index in [1.165, 1.54) is 12.7 Å². The molecule has 2 aromatic carbocycles. The van der Waals surface area contributed by atoms with E-state index in [0.29, 0.717) is 44.1 Å². The zero-order valence-electron chi connectivity index (χ0n) is 22.9. The Balaban J connectivity index is 1.52. The second-order valence-corrected chi connectivity index (χ2v) is 10.1. The molecule has 1 saturated heterocycles. The SMILES string of the molecule is CCCN(CCCOc1ccc(C(=O)NC2(C(=O)OC)CCN(Cc3ccccc3)CC2)cc1)C(C)C. The van der Waals surface area contributed by atoms with Crippen molar-refractivity contribution in [2.75, 3.05) is 39.9 Å². The zero-order chi connectivity index (χ0) is 26.7. The Hall–Kier alpha value is -2.90. The molecule has 37 heavy (non-hydrogen) atoms. The van der Waals surface area contributed by atoms with E-state index in [2.05, 4.69) is 48.0 Å². The molecule has 0 bridgehead atoms. The number of benzene rings is 2. The van der Waals surface area contributed by atoms with Gasteiger partial charge in [-0.1, -0.05) is 37.3 Å². The van der Waals surface area contributed by atoms with Crippen LogP contribution in [-0.2, 0) is 16.1 Å². The van der Waals surface area contributed by atoms with Crippen LogP contribution in [0.5, 0.6) is 5.75 Å². The predicted molar refractivity (Wildman–Crippen MR) is 147 cm³/mol. The van der Waals surface area contributed by atoms with Gasteiger partial charge >= 0.3 is 5.97 Å². The number of carbonyl (C=O) groups is 2. The van der Waals surface area contributed by atoms with E-state index >= 15 is 0 Å². The molecule has 1 aliphatic rings. The molecule has 202 valence electrons. The normalized spacial score (nSPS) is 15.5. The molecule has 7 nitrogen and oxygen atoms in total. The molecule has 2 aromatic rings. The lowest BCUT2D eigenvalue weighted by Gasteiger charge is -2.40.